The highest BCUT2D eigenvalue weighted by Gasteiger charge is 2.52. The highest BCUT2D eigenvalue weighted by Crippen LogP contribution is 2.31. The van der Waals surface area contributed by atoms with E-state index in [2.05, 4.69) is 19.2 Å². The molecule has 3 atom stereocenters. The number of likely N-dealkylation sites (tertiary alicyclic amines) is 2. The number of carbonyl (C=O) groups is 4. The Balaban J connectivity index is 1.72. The number of nitrogens with zero attached hydrogens (tertiary/aromatic N) is 3. The number of nitrogens with one attached hydrogen (secondary N) is 1. The van der Waals surface area contributed by atoms with Crippen LogP contribution in [0.25, 0.3) is 0 Å². The summed E-state index contributed by atoms with van der Waals surface area (Å²) in [4.78, 5) is 57.5. The molecular formula is C27H40N4O4. The van der Waals surface area contributed by atoms with Crippen LogP contribution < -0.4 is 10.2 Å². The third-order valence-electron chi connectivity index (χ3n) is 6.92. The molecule has 0 aliphatic carbocycles. The molecule has 2 fully saturated rings. The van der Waals surface area contributed by atoms with Crippen LogP contribution in [0.5, 0.6) is 0 Å². The number of fused-ring (bicyclic) bond motifs is 1. The molecule has 3 amide bonds. The van der Waals surface area contributed by atoms with E-state index in [0.717, 1.165) is 12.1 Å². The number of ketones is 1. The highest BCUT2D eigenvalue weighted by atomic mass is 16.2. The van der Waals surface area contributed by atoms with Crippen LogP contribution in [0, 0.1) is 11.8 Å². The average Bonchev–Trinajstić information content (AvgIpc) is 3.37. The van der Waals surface area contributed by atoms with Gasteiger partial charge in [-0.05, 0) is 55.4 Å². The Morgan fingerprint density at radius 2 is 1.69 bits per heavy atom. The first-order chi connectivity index (χ1) is 16.5. The summed E-state index contributed by atoms with van der Waals surface area (Å²) in [6.45, 7) is 8.62. The van der Waals surface area contributed by atoms with Gasteiger partial charge in [0.15, 0.2) is 5.78 Å². The van der Waals surface area contributed by atoms with Gasteiger partial charge in [-0.15, -0.1) is 0 Å². The normalized spacial score (nSPS) is 20.4. The van der Waals surface area contributed by atoms with Gasteiger partial charge >= 0.3 is 0 Å². The monoisotopic (exact) mass is 484 g/mol. The van der Waals surface area contributed by atoms with E-state index in [1.54, 1.807) is 21.9 Å². The summed E-state index contributed by atoms with van der Waals surface area (Å²) < 4.78 is 0. The molecule has 0 radical (unpaired) electrons. The number of hydrogen-bond donors (Lipinski definition) is 1. The van der Waals surface area contributed by atoms with Crippen LogP contribution in [0.15, 0.2) is 24.3 Å². The summed E-state index contributed by atoms with van der Waals surface area (Å²) >= 11 is 0. The van der Waals surface area contributed by atoms with Crippen LogP contribution in [0.1, 0.15) is 63.7 Å². The molecule has 1 aromatic rings. The minimum Gasteiger partial charge on any atom is -0.378 e. The molecule has 3 unspecified atom stereocenters. The second-order valence-electron chi connectivity index (χ2n) is 10.8. The lowest BCUT2D eigenvalue weighted by molar-refractivity contribution is -0.138. The van der Waals surface area contributed by atoms with Gasteiger partial charge in [0, 0.05) is 38.3 Å². The van der Waals surface area contributed by atoms with Crippen molar-refractivity contribution in [3.63, 3.8) is 0 Å². The molecule has 0 aromatic heterocycles. The molecular weight excluding hydrogens is 444 g/mol. The molecule has 2 aliphatic rings. The van der Waals surface area contributed by atoms with Crippen molar-refractivity contribution >= 4 is 29.2 Å². The predicted molar refractivity (Wildman–Crippen MR) is 136 cm³/mol. The Morgan fingerprint density at radius 1 is 1.03 bits per heavy atom. The Bertz CT molecular complexity index is 941. The Kier molecular flexibility index (Phi) is 8.56. The molecule has 8 nitrogen and oxygen atoms in total. The summed E-state index contributed by atoms with van der Waals surface area (Å²) in [6.07, 6.45) is 2.26. The molecule has 2 heterocycles. The van der Waals surface area contributed by atoms with Crippen molar-refractivity contribution in [3.8, 4) is 0 Å². The van der Waals surface area contributed by atoms with Crippen LogP contribution >= 0.6 is 0 Å². The van der Waals surface area contributed by atoms with Crippen molar-refractivity contribution in [1.82, 2.24) is 15.1 Å². The number of carbonyl (C=O) groups excluding carboxylic acids is 4. The zero-order chi connectivity index (χ0) is 25.9. The second-order valence-corrected chi connectivity index (χ2v) is 10.8. The predicted octanol–water partition coefficient (Wildman–Crippen LogP) is 2.71. The van der Waals surface area contributed by atoms with Gasteiger partial charge in [-0.3, -0.25) is 19.2 Å². The lowest BCUT2D eigenvalue weighted by atomic mass is 10.0. The minimum absolute atomic E-state index is 0.0120. The van der Waals surface area contributed by atoms with Gasteiger partial charge < -0.3 is 20.0 Å². The van der Waals surface area contributed by atoms with Gasteiger partial charge in [-0.2, -0.15) is 0 Å². The molecule has 2 saturated heterocycles. The van der Waals surface area contributed by atoms with E-state index >= 15 is 0 Å². The number of anilines is 1. The molecule has 1 aromatic carbocycles. The van der Waals surface area contributed by atoms with Crippen LogP contribution in [-0.2, 0) is 14.4 Å². The molecule has 192 valence electrons. The number of hydrogen-bond acceptors (Lipinski definition) is 5. The Labute approximate surface area is 209 Å². The summed E-state index contributed by atoms with van der Waals surface area (Å²) in [6, 6.07) is 5.61. The zero-order valence-electron chi connectivity index (χ0n) is 21.9. The maximum absolute atomic E-state index is 13.6. The van der Waals surface area contributed by atoms with Crippen molar-refractivity contribution in [3.05, 3.63) is 29.8 Å². The SMILES string of the molecule is CC(C)CCC(=O)N1CC(=O)C2C1CCN2C(=O)C(CC(C)C)NC(=O)c1ccc(N(C)C)cc1. The fraction of sp³-hybridized carbons (Fsp3) is 0.630. The Morgan fingerprint density at radius 3 is 2.26 bits per heavy atom. The van der Waals surface area contributed by atoms with Crippen molar-refractivity contribution in [1.29, 1.82) is 0 Å². The van der Waals surface area contributed by atoms with Gasteiger partial charge in [-0.25, -0.2) is 0 Å². The molecule has 2 aliphatic heterocycles. The smallest absolute Gasteiger partial charge is 0.251 e. The van der Waals surface area contributed by atoms with E-state index in [-0.39, 0.29) is 42.0 Å². The Hall–Kier alpha value is -2.90. The first-order valence-electron chi connectivity index (χ1n) is 12.7. The quantitative estimate of drug-likeness (QED) is 0.582. The molecule has 8 heteroatoms. The number of rotatable bonds is 9. The summed E-state index contributed by atoms with van der Waals surface area (Å²) in [5, 5.41) is 2.92. The zero-order valence-corrected chi connectivity index (χ0v) is 21.9. The van der Waals surface area contributed by atoms with Crippen LogP contribution in [0.2, 0.25) is 0 Å². The minimum atomic E-state index is -0.728. The van der Waals surface area contributed by atoms with E-state index in [4.69, 9.17) is 0 Å². The first-order valence-corrected chi connectivity index (χ1v) is 12.7. The van der Waals surface area contributed by atoms with Crippen molar-refractivity contribution in [2.45, 2.75) is 71.5 Å². The average molecular weight is 485 g/mol. The highest BCUT2D eigenvalue weighted by molar-refractivity contribution is 6.01. The fourth-order valence-corrected chi connectivity index (χ4v) is 4.99. The third-order valence-corrected chi connectivity index (χ3v) is 6.92. The number of amides is 3. The lowest BCUT2D eigenvalue weighted by Crippen LogP contribution is -2.53. The molecule has 0 bridgehead atoms. The van der Waals surface area contributed by atoms with Gasteiger partial charge in [0.05, 0.1) is 12.6 Å². The third kappa shape index (κ3) is 6.21. The van der Waals surface area contributed by atoms with Gasteiger partial charge in [-0.1, -0.05) is 27.7 Å². The van der Waals surface area contributed by atoms with Crippen LogP contribution in [0.4, 0.5) is 5.69 Å². The van der Waals surface area contributed by atoms with Gasteiger partial charge in [0.2, 0.25) is 11.8 Å². The van der Waals surface area contributed by atoms with Gasteiger partial charge in [0.1, 0.15) is 12.1 Å². The molecule has 3 rings (SSSR count). The standard InChI is InChI=1S/C27H40N4O4/c1-17(2)7-12-24(33)31-16-23(32)25-22(31)13-14-30(25)27(35)21(15-18(3)4)28-26(34)19-8-10-20(11-9-19)29(5)6/h8-11,17-18,21-22,25H,7,12-16H2,1-6H3,(H,28,34). The van der Waals surface area contributed by atoms with E-state index in [1.165, 1.54) is 0 Å². The maximum Gasteiger partial charge on any atom is 0.251 e. The van der Waals surface area contributed by atoms with E-state index < -0.39 is 12.1 Å². The van der Waals surface area contributed by atoms with Crippen LogP contribution in [0.3, 0.4) is 0 Å². The van der Waals surface area contributed by atoms with Gasteiger partial charge in [0.25, 0.3) is 5.91 Å². The van der Waals surface area contributed by atoms with E-state index in [1.807, 2.05) is 45.0 Å². The van der Waals surface area contributed by atoms with Crippen molar-refractivity contribution in [2.24, 2.45) is 11.8 Å². The fourth-order valence-electron chi connectivity index (χ4n) is 4.99. The summed E-state index contributed by atoms with van der Waals surface area (Å²) in [7, 11) is 3.86. The topological polar surface area (TPSA) is 90.0 Å². The van der Waals surface area contributed by atoms with Crippen molar-refractivity contribution < 1.29 is 19.2 Å². The molecule has 1 N–H and O–H groups in total. The second kappa shape index (κ2) is 11.2. The number of benzene rings is 1. The van der Waals surface area contributed by atoms with Crippen molar-refractivity contribution in [2.75, 3.05) is 32.1 Å². The number of Topliss-reactive ketones (excluding diaryl/α,β-unsaturated/α-hetero) is 1. The first kappa shape index (κ1) is 26.7. The largest absolute Gasteiger partial charge is 0.378 e. The maximum atomic E-state index is 13.6. The summed E-state index contributed by atoms with van der Waals surface area (Å²) in [5.41, 5.74) is 1.46. The molecule has 35 heavy (non-hydrogen) atoms. The summed E-state index contributed by atoms with van der Waals surface area (Å²) in [5.74, 6) is -0.0707. The van der Waals surface area contributed by atoms with Crippen LogP contribution in [-0.4, -0.2) is 78.6 Å². The van der Waals surface area contributed by atoms with E-state index in [0.29, 0.717) is 37.3 Å². The van der Waals surface area contributed by atoms with E-state index in [9.17, 15) is 19.2 Å². The molecule has 0 saturated carbocycles. The lowest BCUT2D eigenvalue weighted by Gasteiger charge is -2.29. The molecule has 0 spiro atoms.